The number of rotatable bonds is 5. The Morgan fingerprint density at radius 3 is 2.32 bits per heavy atom. The van der Waals surface area contributed by atoms with Crippen molar-refractivity contribution in [1.29, 1.82) is 0 Å². The highest BCUT2D eigenvalue weighted by molar-refractivity contribution is 6.36. The average molecular weight is 468 g/mol. The van der Waals surface area contributed by atoms with Gasteiger partial charge in [0.2, 0.25) is 5.78 Å². The van der Waals surface area contributed by atoms with Crippen molar-refractivity contribution in [2.45, 2.75) is 26.8 Å². The number of imidazole rings is 1. The number of carbonyl (C=O) groups is 1. The highest BCUT2D eigenvalue weighted by Crippen LogP contribution is 2.33. The van der Waals surface area contributed by atoms with Crippen LogP contribution in [0.25, 0.3) is 17.0 Å². The molecule has 1 aromatic carbocycles. The first-order valence-electron chi connectivity index (χ1n) is 9.77. The lowest BCUT2D eigenvalue weighted by Crippen LogP contribution is -2.11. The van der Waals surface area contributed by atoms with Gasteiger partial charge in [0, 0.05) is 48.8 Å². The molecule has 0 spiro atoms. The lowest BCUT2D eigenvalue weighted by molar-refractivity contribution is 0.111. The van der Waals surface area contributed by atoms with E-state index in [1.165, 1.54) is 13.0 Å². The SMILES string of the molecule is CCCN(C)C.COC.Cc1nc2nc(C=O)cn2c(-c2ccc(Cl)cc2Cl)c1CN. The topological polar surface area (TPSA) is 85.8 Å². The third kappa shape index (κ3) is 7.55. The van der Waals surface area contributed by atoms with Gasteiger partial charge in [0.05, 0.1) is 10.7 Å². The van der Waals surface area contributed by atoms with Crippen LogP contribution in [0.1, 0.15) is 35.1 Å². The molecule has 0 aliphatic carbocycles. The van der Waals surface area contributed by atoms with E-state index in [9.17, 15) is 4.79 Å². The normalized spacial score (nSPS) is 10.4. The molecule has 7 nitrogen and oxygen atoms in total. The molecule has 0 aliphatic rings. The van der Waals surface area contributed by atoms with E-state index >= 15 is 0 Å². The van der Waals surface area contributed by atoms with Crippen LogP contribution in [-0.4, -0.2) is 60.4 Å². The van der Waals surface area contributed by atoms with Crippen molar-refractivity contribution < 1.29 is 9.53 Å². The Kier molecular flexibility index (Phi) is 11.7. The van der Waals surface area contributed by atoms with Crippen LogP contribution in [-0.2, 0) is 11.3 Å². The summed E-state index contributed by atoms with van der Waals surface area (Å²) in [6.45, 7) is 5.53. The lowest BCUT2D eigenvalue weighted by Gasteiger charge is -2.14. The number of benzene rings is 1. The zero-order chi connectivity index (χ0) is 23.6. The molecule has 2 heterocycles. The minimum Gasteiger partial charge on any atom is -0.388 e. The van der Waals surface area contributed by atoms with Gasteiger partial charge >= 0.3 is 0 Å². The van der Waals surface area contributed by atoms with Crippen LogP contribution in [0.3, 0.4) is 0 Å². The van der Waals surface area contributed by atoms with Gasteiger partial charge in [-0.15, -0.1) is 0 Å². The van der Waals surface area contributed by atoms with Crippen LogP contribution >= 0.6 is 23.2 Å². The van der Waals surface area contributed by atoms with Gasteiger partial charge in [-0.25, -0.2) is 9.97 Å². The van der Waals surface area contributed by atoms with Gasteiger partial charge in [-0.2, -0.15) is 0 Å². The fraction of sp³-hybridized carbons (Fsp3) is 0.409. The summed E-state index contributed by atoms with van der Waals surface area (Å²) in [5.41, 5.74) is 9.31. The second kappa shape index (κ2) is 13.4. The smallest absolute Gasteiger partial charge is 0.235 e. The van der Waals surface area contributed by atoms with Crippen molar-refractivity contribution in [1.82, 2.24) is 19.3 Å². The van der Waals surface area contributed by atoms with Crippen molar-refractivity contribution in [3.05, 3.63) is 51.4 Å². The van der Waals surface area contributed by atoms with Gasteiger partial charge in [-0.3, -0.25) is 9.20 Å². The second-order valence-electron chi connectivity index (χ2n) is 7.02. The van der Waals surface area contributed by atoms with Crippen molar-refractivity contribution in [2.24, 2.45) is 5.73 Å². The minimum atomic E-state index is 0.289. The Balaban J connectivity index is 0.000000455. The van der Waals surface area contributed by atoms with Gasteiger partial charge in [-0.1, -0.05) is 30.1 Å². The van der Waals surface area contributed by atoms with E-state index in [0.717, 1.165) is 22.5 Å². The predicted octanol–water partition coefficient (Wildman–Crippen LogP) is 4.50. The third-order valence-electron chi connectivity index (χ3n) is 4.12. The number of aromatic nitrogens is 3. The van der Waals surface area contributed by atoms with E-state index in [4.69, 9.17) is 28.9 Å². The largest absolute Gasteiger partial charge is 0.388 e. The Labute approximate surface area is 194 Å². The second-order valence-corrected chi connectivity index (χ2v) is 7.86. The summed E-state index contributed by atoms with van der Waals surface area (Å²) in [6.07, 6.45) is 3.56. The summed E-state index contributed by atoms with van der Waals surface area (Å²) >= 11 is 12.3. The standard InChI is InChI=1S/C15H12Cl2N4O.C5H13N.C2H6O/c1-8-12(5-18)14(11-3-2-9(16)4-13(11)17)21-6-10(7-22)20-15(21)19-8;1-4-5-6(2)3;1-3-2/h2-4,6-7H,5,18H2,1H3;4-5H2,1-3H3;1-2H3. The molecule has 3 rings (SSSR count). The fourth-order valence-corrected chi connectivity index (χ4v) is 3.39. The monoisotopic (exact) mass is 467 g/mol. The van der Waals surface area contributed by atoms with Gasteiger partial charge < -0.3 is 15.4 Å². The van der Waals surface area contributed by atoms with Gasteiger partial charge in [0.25, 0.3) is 0 Å². The Bertz CT molecular complexity index is 990. The predicted molar refractivity (Wildman–Crippen MR) is 128 cm³/mol. The first-order valence-corrected chi connectivity index (χ1v) is 10.5. The third-order valence-corrected chi connectivity index (χ3v) is 4.67. The quantitative estimate of drug-likeness (QED) is 0.555. The molecule has 0 atom stereocenters. The van der Waals surface area contributed by atoms with Crippen LogP contribution in [0.4, 0.5) is 0 Å². The average Bonchev–Trinajstić information content (AvgIpc) is 3.11. The molecule has 2 aromatic heterocycles. The van der Waals surface area contributed by atoms with Crippen molar-refractivity contribution >= 4 is 35.3 Å². The molecule has 0 radical (unpaired) electrons. The van der Waals surface area contributed by atoms with E-state index < -0.39 is 0 Å². The number of fused-ring (bicyclic) bond motifs is 1. The van der Waals surface area contributed by atoms with Gasteiger partial charge in [-0.05, 0) is 52.2 Å². The van der Waals surface area contributed by atoms with Gasteiger partial charge in [0.1, 0.15) is 5.69 Å². The first-order chi connectivity index (χ1) is 14.7. The summed E-state index contributed by atoms with van der Waals surface area (Å²) in [5, 5.41) is 1.04. The number of aryl methyl sites for hydroxylation is 1. The maximum Gasteiger partial charge on any atom is 0.235 e. The number of aldehydes is 1. The number of methoxy groups -OCH3 is 1. The molecule has 0 fully saturated rings. The highest BCUT2D eigenvalue weighted by Gasteiger charge is 2.17. The highest BCUT2D eigenvalue weighted by atomic mass is 35.5. The van der Waals surface area contributed by atoms with E-state index in [1.807, 2.05) is 13.0 Å². The molecule has 0 saturated heterocycles. The van der Waals surface area contributed by atoms with Gasteiger partial charge in [0.15, 0.2) is 6.29 Å². The molecular formula is C22H31Cl2N5O2. The van der Waals surface area contributed by atoms with Crippen molar-refractivity contribution in [3.8, 4) is 11.3 Å². The van der Waals surface area contributed by atoms with Crippen molar-refractivity contribution in [3.63, 3.8) is 0 Å². The molecule has 9 heteroatoms. The van der Waals surface area contributed by atoms with Crippen LogP contribution in [0.15, 0.2) is 24.4 Å². The molecule has 0 amide bonds. The summed E-state index contributed by atoms with van der Waals surface area (Å²) in [4.78, 5) is 21.8. The number of hydrogen-bond acceptors (Lipinski definition) is 6. The number of carbonyl (C=O) groups excluding carboxylic acids is 1. The van der Waals surface area contributed by atoms with Crippen LogP contribution in [0.2, 0.25) is 10.0 Å². The zero-order valence-electron chi connectivity index (χ0n) is 18.9. The summed E-state index contributed by atoms with van der Waals surface area (Å²) in [6, 6.07) is 5.23. The summed E-state index contributed by atoms with van der Waals surface area (Å²) < 4.78 is 5.98. The van der Waals surface area contributed by atoms with Crippen LogP contribution < -0.4 is 5.73 Å². The fourth-order valence-electron chi connectivity index (χ4n) is 2.89. The summed E-state index contributed by atoms with van der Waals surface area (Å²) in [5.74, 6) is 0.429. The molecule has 2 N–H and O–H groups in total. The molecule has 3 aromatic rings. The number of halogens is 2. The zero-order valence-corrected chi connectivity index (χ0v) is 20.5. The van der Waals surface area contributed by atoms with Crippen LogP contribution in [0.5, 0.6) is 0 Å². The summed E-state index contributed by atoms with van der Waals surface area (Å²) in [7, 11) is 7.42. The van der Waals surface area contributed by atoms with E-state index in [2.05, 4.69) is 40.6 Å². The molecule has 0 unspecified atom stereocenters. The van der Waals surface area contributed by atoms with Crippen molar-refractivity contribution in [2.75, 3.05) is 34.9 Å². The lowest BCUT2D eigenvalue weighted by atomic mass is 10.0. The number of hydrogen-bond donors (Lipinski definition) is 1. The molecule has 170 valence electrons. The molecule has 0 saturated carbocycles. The number of nitrogens with two attached hydrogens (primary N) is 1. The minimum absolute atomic E-state index is 0.289. The Hall–Kier alpha value is -2.03. The maximum absolute atomic E-state index is 11.0. The number of ether oxygens (including phenoxy) is 1. The number of nitrogens with zero attached hydrogens (tertiary/aromatic N) is 4. The van der Waals surface area contributed by atoms with E-state index in [-0.39, 0.29) is 6.54 Å². The Morgan fingerprint density at radius 2 is 1.87 bits per heavy atom. The molecule has 0 bridgehead atoms. The molecular weight excluding hydrogens is 437 g/mol. The first kappa shape index (κ1) is 27.0. The molecule has 0 aliphatic heterocycles. The molecule has 31 heavy (non-hydrogen) atoms. The maximum atomic E-state index is 11.0. The van der Waals surface area contributed by atoms with Crippen LogP contribution in [0, 0.1) is 6.92 Å². The van der Waals surface area contributed by atoms with E-state index in [0.29, 0.717) is 27.8 Å². The van der Waals surface area contributed by atoms with E-state index in [1.54, 1.807) is 36.9 Å². The Morgan fingerprint density at radius 1 is 1.23 bits per heavy atom.